The monoisotopic (exact) mass is 406 g/mol. The zero-order valence-corrected chi connectivity index (χ0v) is 15.7. The van der Waals surface area contributed by atoms with Gasteiger partial charge in [0, 0.05) is 12.6 Å². The number of hydrogen-bond donors (Lipinski definition) is 1. The third-order valence-electron chi connectivity index (χ3n) is 5.00. The summed E-state index contributed by atoms with van der Waals surface area (Å²) in [5.41, 5.74) is -0.247. The van der Waals surface area contributed by atoms with Crippen LogP contribution in [0, 0.1) is 23.5 Å². The third kappa shape index (κ3) is 4.49. The number of benzene rings is 1. The van der Waals surface area contributed by atoms with Crippen LogP contribution in [0.15, 0.2) is 30.4 Å². The molecule has 0 spiro atoms. The average molecular weight is 406 g/mol. The Hall–Kier alpha value is -3.10. The van der Waals surface area contributed by atoms with E-state index in [1.54, 1.807) is 0 Å². The van der Waals surface area contributed by atoms with Crippen LogP contribution in [0.5, 0.6) is 0 Å². The van der Waals surface area contributed by atoms with Gasteiger partial charge in [0.15, 0.2) is 6.10 Å². The van der Waals surface area contributed by atoms with Crippen LogP contribution >= 0.6 is 0 Å². The second-order valence-corrected chi connectivity index (χ2v) is 6.98. The SMILES string of the molecule is C[C@H](OC(=O)CCN1C(=O)[C@H]2CC=CC[C@H]2C1=O)C(=O)Nc1ccc(F)cc1F. The van der Waals surface area contributed by atoms with E-state index in [0.717, 1.165) is 17.0 Å². The molecule has 0 radical (unpaired) electrons. The van der Waals surface area contributed by atoms with Crippen LogP contribution < -0.4 is 5.32 Å². The van der Waals surface area contributed by atoms with Crippen molar-refractivity contribution in [2.45, 2.75) is 32.3 Å². The van der Waals surface area contributed by atoms with Gasteiger partial charge in [-0.15, -0.1) is 0 Å². The third-order valence-corrected chi connectivity index (χ3v) is 5.00. The number of hydrogen-bond acceptors (Lipinski definition) is 5. The van der Waals surface area contributed by atoms with Crippen molar-refractivity contribution < 1.29 is 32.7 Å². The number of esters is 1. The molecule has 0 bridgehead atoms. The van der Waals surface area contributed by atoms with Gasteiger partial charge in [0.25, 0.3) is 5.91 Å². The lowest BCUT2D eigenvalue weighted by atomic mass is 9.85. The molecule has 1 aliphatic heterocycles. The van der Waals surface area contributed by atoms with Gasteiger partial charge < -0.3 is 10.1 Å². The fourth-order valence-corrected chi connectivity index (χ4v) is 3.43. The Bertz CT molecular complexity index is 860. The van der Waals surface area contributed by atoms with Gasteiger partial charge in [0.05, 0.1) is 23.9 Å². The number of nitrogens with zero attached hydrogens (tertiary/aromatic N) is 1. The highest BCUT2D eigenvalue weighted by Crippen LogP contribution is 2.35. The van der Waals surface area contributed by atoms with E-state index >= 15 is 0 Å². The number of halogens is 2. The number of carbonyl (C=O) groups is 4. The number of imide groups is 1. The first kappa shape index (κ1) is 20.6. The molecule has 0 aromatic heterocycles. The van der Waals surface area contributed by atoms with Crippen molar-refractivity contribution in [1.82, 2.24) is 4.90 Å². The number of likely N-dealkylation sites (tertiary alicyclic amines) is 1. The summed E-state index contributed by atoms with van der Waals surface area (Å²) >= 11 is 0. The first-order chi connectivity index (χ1) is 13.8. The highest BCUT2D eigenvalue weighted by atomic mass is 19.1. The maximum absolute atomic E-state index is 13.6. The van der Waals surface area contributed by atoms with Crippen LogP contribution in [-0.4, -0.2) is 41.2 Å². The van der Waals surface area contributed by atoms with Gasteiger partial charge in [0.2, 0.25) is 11.8 Å². The summed E-state index contributed by atoms with van der Waals surface area (Å²) in [5, 5.41) is 2.20. The molecule has 1 fully saturated rings. The first-order valence-electron chi connectivity index (χ1n) is 9.23. The molecule has 1 heterocycles. The minimum atomic E-state index is -1.25. The number of ether oxygens (including phenoxy) is 1. The maximum atomic E-state index is 13.6. The lowest BCUT2D eigenvalue weighted by molar-refractivity contribution is -0.154. The predicted octanol–water partition coefficient (Wildman–Crippen LogP) is 2.18. The summed E-state index contributed by atoms with van der Waals surface area (Å²) in [4.78, 5) is 49.8. The Kier molecular flexibility index (Phi) is 6.05. The summed E-state index contributed by atoms with van der Waals surface area (Å²) in [6.45, 7) is 1.17. The molecule has 3 atom stereocenters. The number of allylic oxidation sites excluding steroid dienone is 2. The van der Waals surface area contributed by atoms with Crippen molar-refractivity contribution in [2.24, 2.45) is 11.8 Å². The van der Waals surface area contributed by atoms with Crippen LogP contribution in [0.25, 0.3) is 0 Å². The number of fused-ring (bicyclic) bond motifs is 1. The van der Waals surface area contributed by atoms with Crippen LogP contribution in [0.4, 0.5) is 14.5 Å². The molecular weight excluding hydrogens is 386 g/mol. The molecule has 29 heavy (non-hydrogen) atoms. The lowest BCUT2D eigenvalue weighted by Crippen LogP contribution is -2.35. The summed E-state index contributed by atoms with van der Waals surface area (Å²) in [6.07, 6.45) is 3.25. The van der Waals surface area contributed by atoms with Gasteiger partial charge in [-0.1, -0.05) is 12.2 Å². The van der Waals surface area contributed by atoms with Gasteiger partial charge in [-0.05, 0) is 31.9 Å². The quantitative estimate of drug-likeness (QED) is 0.444. The van der Waals surface area contributed by atoms with Crippen molar-refractivity contribution in [3.05, 3.63) is 42.0 Å². The van der Waals surface area contributed by atoms with Crippen molar-refractivity contribution in [3.8, 4) is 0 Å². The van der Waals surface area contributed by atoms with Crippen LogP contribution in [0.3, 0.4) is 0 Å². The van der Waals surface area contributed by atoms with Crippen molar-refractivity contribution in [1.29, 1.82) is 0 Å². The molecule has 154 valence electrons. The molecule has 9 heteroatoms. The number of carbonyl (C=O) groups excluding carboxylic acids is 4. The van der Waals surface area contributed by atoms with E-state index in [9.17, 15) is 28.0 Å². The predicted molar refractivity (Wildman–Crippen MR) is 97.2 cm³/mol. The number of amides is 3. The highest BCUT2D eigenvalue weighted by Gasteiger charge is 2.47. The smallest absolute Gasteiger partial charge is 0.308 e. The second-order valence-electron chi connectivity index (χ2n) is 6.98. The Balaban J connectivity index is 1.49. The minimum Gasteiger partial charge on any atom is -0.452 e. The second kappa shape index (κ2) is 8.50. The van der Waals surface area contributed by atoms with E-state index in [-0.39, 0.29) is 42.3 Å². The molecular formula is C20H20F2N2O5. The fourth-order valence-electron chi connectivity index (χ4n) is 3.43. The Morgan fingerprint density at radius 3 is 2.38 bits per heavy atom. The molecule has 1 N–H and O–H groups in total. The zero-order valence-electron chi connectivity index (χ0n) is 15.7. The molecule has 7 nitrogen and oxygen atoms in total. The number of anilines is 1. The molecule has 2 aliphatic rings. The Labute approximate surface area is 165 Å². The van der Waals surface area contributed by atoms with Crippen molar-refractivity contribution in [2.75, 3.05) is 11.9 Å². The molecule has 0 unspecified atom stereocenters. The maximum Gasteiger partial charge on any atom is 0.308 e. The van der Waals surface area contributed by atoms with Gasteiger partial charge in [-0.2, -0.15) is 0 Å². The highest BCUT2D eigenvalue weighted by molar-refractivity contribution is 6.05. The lowest BCUT2D eigenvalue weighted by Gasteiger charge is -2.16. The van der Waals surface area contributed by atoms with Crippen LogP contribution in [0.2, 0.25) is 0 Å². The van der Waals surface area contributed by atoms with Gasteiger partial charge in [0.1, 0.15) is 11.6 Å². The summed E-state index contributed by atoms with van der Waals surface area (Å²) in [7, 11) is 0. The topological polar surface area (TPSA) is 92.8 Å². The summed E-state index contributed by atoms with van der Waals surface area (Å²) in [6, 6.07) is 2.64. The zero-order chi connectivity index (χ0) is 21.1. The minimum absolute atomic E-state index is 0.121. The van der Waals surface area contributed by atoms with E-state index in [0.29, 0.717) is 18.9 Å². The number of nitrogens with one attached hydrogen (secondary N) is 1. The normalized spacial score (nSPS) is 21.7. The standard InChI is InChI=1S/C20H20F2N2O5/c1-11(18(26)23-16-7-6-12(21)10-15(16)22)29-17(25)8-9-24-19(27)13-4-2-3-5-14(13)20(24)28/h2-3,6-7,10-11,13-14H,4-5,8-9H2,1H3,(H,23,26)/t11-,13-,14+/m0/s1. The first-order valence-corrected chi connectivity index (χ1v) is 9.23. The Morgan fingerprint density at radius 2 is 1.79 bits per heavy atom. The summed E-state index contributed by atoms with van der Waals surface area (Å²) < 4.78 is 31.5. The van der Waals surface area contributed by atoms with E-state index < -0.39 is 29.6 Å². The van der Waals surface area contributed by atoms with Crippen molar-refractivity contribution in [3.63, 3.8) is 0 Å². The van der Waals surface area contributed by atoms with Crippen LogP contribution in [-0.2, 0) is 23.9 Å². The Morgan fingerprint density at radius 1 is 1.17 bits per heavy atom. The molecule has 3 amide bonds. The van der Waals surface area contributed by atoms with E-state index in [4.69, 9.17) is 4.74 Å². The fraction of sp³-hybridized carbons (Fsp3) is 0.400. The van der Waals surface area contributed by atoms with E-state index in [2.05, 4.69) is 5.32 Å². The molecule has 1 saturated heterocycles. The average Bonchev–Trinajstić information content (AvgIpc) is 2.93. The van der Waals surface area contributed by atoms with Crippen LogP contribution in [0.1, 0.15) is 26.2 Å². The van der Waals surface area contributed by atoms with Gasteiger partial charge in [-0.25, -0.2) is 8.78 Å². The molecule has 1 aromatic carbocycles. The molecule has 1 aliphatic carbocycles. The molecule has 1 aromatic rings. The largest absolute Gasteiger partial charge is 0.452 e. The van der Waals surface area contributed by atoms with E-state index in [1.807, 2.05) is 12.2 Å². The molecule has 0 saturated carbocycles. The van der Waals surface area contributed by atoms with Crippen molar-refractivity contribution >= 4 is 29.4 Å². The number of rotatable bonds is 6. The van der Waals surface area contributed by atoms with Gasteiger partial charge >= 0.3 is 5.97 Å². The van der Waals surface area contributed by atoms with E-state index in [1.165, 1.54) is 6.92 Å². The van der Waals surface area contributed by atoms with Gasteiger partial charge in [-0.3, -0.25) is 24.1 Å². The molecule has 3 rings (SSSR count). The summed E-state index contributed by atoms with van der Waals surface area (Å²) in [5.74, 6) is -4.67.